The third-order valence-corrected chi connectivity index (χ3v) is 4.18. The van der Waals surface area contributed by atoms with Crippen LogP contribution in [0.5, 0.6) is 0 Å². The van der Waals surface area contributed by atoms with Gasteiger partial charge in [-0.3, -0.25) is 9.88 Å². The number of nitrogens with one attached hydrogen (secondary N) is 1. The van der Waals surface area contributed by atoms with Gasteiger partial charge >= 0.3 is 0 Å². The van der Waals surface area contributed by atoms with E-state index in [1.807, 2.05) is 11.7 Å². The van der Waals surface area contributed by atoms with Crippen LogP contribution >= 0.6 is 11.3 Å². The molecule has 3 rings (SSSR count). The summed E-state index contributed by atoms with van der Waals surface area (Å²) in [7, 11) is 0. The molecule has 1 unspecified atom stereocenters. The van der Waals surface area contributed by atoms with Gasteiger partial charge in [0, 0.05) is 36.2 Å². The third-order valence-electron chi connectivity index (χ3n) is 3.42. The number of likely N-dealkylation sites (tertiary alicyclic amines) is 1. The molecule has 2 aliphatic rings. The minimum Gasteiger partial charge on any atom is -0.310 e. The number of thiazole rings is 1. The number of hydrogen-bond donors (Lipinski definition) is 1. The molecule has 16 heavy (non-hydrogen) atoms. The number of hydrogen-bond acceptors (Lipinski definition) is 4. The smallest absolute Gasteiger partial charge is 0.0794 e. The van der Waals surface area contributed by atoms with Gasteiger partial charge in [0.15, 0.2) is 0 Å². The summed E-state index contributed by atoms with van der Waals surface area (Å²) in [5.41, 5.74) is 1.93. The summed E-state index contributed by atoms with van der Waals surface area (Å²) in [4.78, 5) is 8.10. The zero-order chi connectivity index (χ0) is 10.8. The van der Waals surface area contributed by atoms with Gasteiger partial charge in [0.1, 0.15) is 0 Å². The van der Waals surface area contributed by atoms with Crippen LogP contribution < -0.4 is 5.32 Å². The second-order valence-corrected chi connectivity index (χ2v) is 5.95. The molecule has 0 amide bonds. The van der Waals surface area contributed by atoms with Crippen molar-refractivity contribution in [1.82, 2.24) is 15.2 Å². The zero-order valence-electron chi connectivity index (χ0n) is 9.56. The van der Waals surface area contributed by atoms with Crippen LogP contribution in [0.4, 0.5) is 0 Å². The summed E-state index contributed by atoms with van der Waals surface area (Å²) in [5.74, 6) is 0. The highest BCUT2D eigenvalue weighted by atomic mass is 32.1. The summed E-state index contributed by atoms with van der Waals surface area (Å²) in [5, 5.41) is 3.75. The number of rotatable bonds is 4. The largest absolute Gasteiger partial charge is 0.310 e. The second-order valence-electron chi connectivity index (χ2n) is 4.98. The van der Waals surface area contributed by atoms with E-state index < -0.39 is 0 Å². The van der Waals surface area contributed by atoms with Gasteiger partial charge in [0.25, 0.3) is 0 Å². The van der Waals surface area contributed by atoms with Crippen LogP contribution in [0.3, 0.4) is 0 Å². The monoisotopic (exact) mass is 237 g/mol. The fraction of sp³-hybridized carbons (Fsp3) is 0.750. The van der Waals surface area contributed by atoms with Crippen molar-refractivity contribution in [3.8, 4) is 0 Å². The molecule has 1 N–H and O–H groups in total. The molecule has 0 aromatic carbocycles. The molecule has 4 heteroatoms. The molecule has 1 aliphatic heterocycles. The molecule has 1 aliphatic carbocycles. The van der Waals surface area contributed by atoms with Gasteiger partial charge in [-0.15, -0.1) is 11.3 Å². The van der Waals surface area contributed by atoms with Gasteiger partial charge in [-0.2, -0.15) is 0 Å². The van der Waals surface area contributed by atoms with Crippen LogP contribution in [0.2, 0.25) is 0 Å². The van der Waals surface area contributed by atoms with Crippen LogP contribution in [0, 0.1) is 0 Å². The van der Waals surface area contributed by atoms with Crippen molar-refractivity contribution in [1.29, 1.82) is 0 Å². The Hall–Kier alpha value is -0.450. The minimum atomic E-state index is 0.731. The van der Waals surface area contributed by atoms with E-state index in [0.29, 0.717) is 0 Å². The summed E-state index contributed by atoms with van der Waals surface area (Å²) in [6.45, 7) is 3.56. The molecular formula is C12H19N3S. The SMILES string of the molecule is c1ncc(CN2CCCC(NC3CC3)C2)s1. The molecule has 1 saturated heterocycles. The van der Waals surface area contributed by atoms with E-state index in [1.54, 1.807) is 11.3 Å². The average molecular weight is 237 g/mol. The van der Waals surface area contributed by atoms with Crippen molar-refractivity contribution >= 4 is 11.3 Å². The first-order valence-electron chi connectivity index (χ1n) is 6.26. The topological polar surface area (TPSA) is 28.2 Å². The minimum absolute atomic E-state index is 0.731. The summed E-state index contributed by atoms with van der Waals surface area (Å²) in [6, 6.07) is 1.57. The molecule has 2 heterocycles. The molecule has 0 bridgehead atoms. The molecule has 0 spiro atoms. The van der Waals surface area contributed by atoms with Gasteiger partial charge in [0.05, 0.1) is 5.51 Å². The van der Waals surface area contributed by atoms with Crippen LogP contribution in [-0.4, -0.2) is 35.1 Å². The Morgan fingerprint density at radius 1 is 1.38 bits per heavy atom. The summed E-state index contributed by atoms with van der Waals surface area (Å²) < 4.78 is 0. The zero-order valence-corrected chi connectivity index (χ0v) is 10.4. The molecule has 1 atom stereocenters. The van der Waals surface area contributed by atoms with Crippen molar-refractivity contribution in [2.45, 2.75) is 44.3 Å². The Kier molecular flexibility index (Phi) is 3.22. The van der Waals surface area contributed by atoms with Crippen LogP contribution in [-0.2, 0) is 6.54 Å². The Bertz CT molecular complexity index is 321. The molecular weight excluding hydrogens is 218 g/mol. The Labute approximate surface area is 101 Å². The highest BCUT2D eigenvalue weighted by molar-refractivity contribution is 7.09. The van der Waals surface area contributed by atoms with Gasteiger partial charge in [0.2, 0.25) is 0 Å². The highest BCUT2D eigenvalue weighted by Gasteiger charge is 2.27. The van der Waals surface area contributed by atoms with Crippen LogP contribution in [0.15, 0.2) is 11.7 Å². The summed E-state index contributed by atoms with van der Waals surface area (Å²) in [6.07, 6.45) is 7.48. The van der Waals surface area contributed by atoms with Crippen LogP contribution in [0.25, 0.3) is 0 Å². The molecule has 2 fully saturated rings. The predicted molar refractivity (Wildman–Crippen MR) is 66.6 cm³/mol. The van der Waals surface area contributed by atoms with E-state index in [4.69, 9.17) is 0 Å². The fourth-order valence-electron chi connectivity index (χ4n) is 2.46. The average Bonchev–Trinajstić information content (AvgIpc) is 2.94. The molecule has 3 nitrogen and oxygen atoms in total. The lowest BCUT2D eigenvalue weighted by Gasteiger charge is -2.32. The molecule has 0 radical (unpaired) electrons. The second kappa shape index (κ2) is 4.82. The quantitative estimate of drug-likeness (QED) is 0.866. The molecule has 88 valence electrons. The maximum absolute atomic E-state index is 4.14. The molecule has 1 aromatic heterocycles. The van der Waals surface area contributed by atoms with E-state index in [1.165, 1.54) is 43.6 Å². The van der Waals surface area contributed by atoms with Gasteiger partial charge in [-0.1, -0.05) is 0 Å². The Morgan fingerprint density at radius 2 is 2.31 bits per heavy atom. The van der Waals surface area contributed by atoms with Crippen molar-refractivity contribution in [3.05, 3.63) is 16.6 Å². The van der Waals surface area contributed by atoms with E-state index in [9.17, 15) is 0 Å². The summed E-state index contributed by atoms with van der Waals surface area (Å²) >= 11 is 1.77. The van der Waals surface area contributed by atoms with Gasteiger partial charge in [-0.25, -0.2) is 0 Å². The molecule has 1 aromatic rings. The molecule has 1 saturated carbocycles. The van der Waals surface area contributed by atoms with Gasteiger partial charge < -0.3 is 5.32 Å². The van der Waals surface area contributed by atoms with E-state index in [-0.39, 0.29) is 0 Å². The van der Waals surface area contributed by atoms with E-state index in [0.717, 1.165) is 18.6 Å². The Balaban J connectivity index is 1.51. The first-order valence-corrected chi connectivity index (χ1v) is 7.14. The lowest BCUT2D eigenvalue weighted by atomic mass is 10.1. The number of nitrogens with zero attached hydrogens (tertiary/aromatic N) is 2. The lowest BCUT2D eigenvalue weighted by Crippen LogP contribution is -2.45. The van der Waals surface area contributed by atoms with Crippen molar-refractivity contribution in [2.24, 2.45) is 0 Å². The first kappa shape index (κ1) is 10.7. The van der Waals surface area contributed by atoms with Crippen LogP contribution in [0.1, 0.15) is 30.6 Å². The standard InChI is InChI=1S/C12H19N3S/c1-2-11(14-10-3-4-10)7-15(5-1)8-12-6-13-9-16-12/h6,9-11,14H,1-5,7-8H2. The highest BCUT2D eigenvalue weighted by Crippen LogP contribution is 2.22. The maximum Gasteiger partial charge on any atom is 0.0794 e. The van der Waals surface area contributed by atoms with Crippen molar-refractivity contribution in [2.75, 3.05) is 13.1 Å². The Morgan fingerprint density at radius 3 is 3.06 bits per heavy atom. The number of piperidine rings is 1. The predicted octanol–water partition coefficient (Wildman–Crippen LogP) is 1.86. The van der Waals surface area contributed by atoms with Crippen molar-refractivity contribution < 1.29 is 0 Å². The lowest BCUT2D eigenvalue weighted by molar-refractivity contribution is 0.184. The maximum atomic E-state index is 4.14. The number of aromatic nitrogens is 1. The normalized spacial score (nSPS) is 27.1. The van der Waals surface area contributed by atoms with Crippen molar-refractivity contribution in [3.63, 3.8) is 0 Å². The first-order chi connectivity index (χ1) is 7.90. The van der Waals surface area contributed by atoms with E-state index >= 15 is 0 Å². The fourth-order valence-corrected chi connectivity index (χ4v) is 3.10. The van der Waals surface area contributed by atoms with Gasteiger partial charge in [-0.05, 0) is 32.2 Å². The van der Waals surface area contributed by atoms with E-state index in [2.05, 4.69) is 15.2 Å². The third kappa shape index (κ3) is 2.81.